The van der Waals surface area contributed by atoms with Gasteiger partial charge in [0.2, 0.25) is 5.78 Å². The number of ether oxygens (including phenoxy) is 1. The number of amides is 1. The SMILES string of the molecule is CCc1ccc(C(=O)[C@H](C)OC(=O)CNC(=O)c2ccc(-c3ccccc3)cc2)cc1. The predicted molar refractivity (Wildman–Crippen MR) is 120 cm³/mol. The summed E-state index contributed by atoms with van der Waals surface area (Å²) in [6, 6.07) is 24.2. The first-order valence-electron chi connectivity index (χ1n) is 10.2. The van der Waals surface area contributed by atoms with E-state index in [0.717, 1.165) is 23.1 Å². The minimum Gasteiger partial charge on any atom is -0.453 e. The lowest BCUT2D eigenvalue weighted by Crippen LogP contribution is -2.34. The van der Waals surface area contributed by atoms with Gasteiger partial charge in [0.05, 0.1) is 0 Å². The summed E-state index contributed by atoms with van der Waals surface area (Å²) in [5, 5.41) is 2.53. The number of ketones is 1. The van der Waals surface area contributed by atoms with Crippen LogP contribution in [0.1, 0.15) is 40.1 Å². The molecular weight excluding hydrogens is 390 g/mol. The molecule has 0 aliphatic carbocycles. The molecule has 0 fully saturated rings. The Morgan fingerprint density at radius 1 is 0.806 bits per heavy atom. The second-order valence-corrected chi connectivity index (χ2v) is 7.17. The van der Waals surface area contributed by atoms with E-state index in [2.05, 4.69) is 5.32 Å². The van der Waals surface area contributed by atoms with Crippen molar-refractivity contribution in [3.05, 3.63) is 95.6 Å². The fraction of sp³-hybridized carbons (Fsp3) is 0.192. The van der Waals surface area contributed by atoms with Crippen molar-refractivity contribution in [2.45, 2.75) is 26.4 Å². The van der Waals surface area contributed by atoms with Gasteiger partial charge in [0, 0.05) is 11.1 Å². The molecule has 0 saturated heterocycles. The molecule has 1 N–H and O–H groups in total. The van der Waals surface area contributed by atoms with Crippen LogP contribution in [0.4, 0.5) is 0 Å². The lowest BCUT2D eigenvalue weighted by Gasteiger charge is -2.13. The normalized spacial score (nSPS) is 11.4. The van der Waals surface area contributed by atoms with E-state index in [9.17, 15) is 14.4 Å². The fourth-order valence-electron chi connectivity index (χ4n) is 3.13. The van der Waals surface area contributed by atoms with E-state index in [-0.39, 0.29) is 18.2 Å². The van der Waals surface area contributed by atoms with Gasteiger partial charge in [-0.05, 0) is 42.2 Å². The zero-order valence-electron chi connectivity index (χ0n) is 17.6. The van der Waals surface area contributed by atoms with E-state index in [0.29, 0.717) is 11.1 Å². The Morgan fingerprint density at radius 3 is 2.00 bits per heavy atom. The summed E-state index contributed by atoms with van der Waals surface area (Å²) < 4.78 is 5.18. The third kappa shape index (κ3) is 5.89. The molecule has 3 aromatic rings. The maximum Gasteiger partial charge on any atom is 0.326 e. The van der Waals surface area contributed by atoms with E-state index < -0.39 is 12.1 Å². The summed E-state index contributed by atoms with van der Waals surface area (Å²) in [5.74, 6) is -1.33. The Kier molecular flexibility index (Phi) is 7.33. The minimum atomic E-state index is -0.929. The second-order valence-electron chi connectivity index (χ2n) is 7.17. The zero-order chi connectivity index (χ0) is 22.2. The number of carbonyl (C=O) groups excluding carboxylic acids is 3. The number of nitrogens with one attached hydrogen (secondary N) is 1. The molecule has 0 bridgehead atoms. The lowest BCUT2D eigenvalue weighted by molar-refractivity contribution is -0.145. The molecule has 5 nitrogen and oxygen atoms in total. The first kappa shape index (κ1) is 22.0. The molecule has 0 spiro atoms. The van der Waals surface area contributed by atoms with Crippen molar-refractivity contribution in [1.82, 2.24) is 5.32 Å². The van der Waals surface area contributed by atoms with Crippen molar-refractivity contribution in [2.24, 2.45) is 0 Å². The number of carbonyl (C=O) groups is 3. The highest BCUT2D eigenvalue weighted by atomic mass is 16.5. The van der Waals surface area contributed by atoms with Gasteiger partial charge in [0.15, 0.2) is 6.10 Å². The molecule has 0 heterocycles. The van der Waals surface area contributed by atoms with Gasteiger partial charge in [-0.15, -0.1) is 0 Å². The Labute approximate surface area is 182 Å². The molecule has 0 saturated carbocycles. The number of Topliss-reactive ketones (excluding diaryl/α,β-unsaturated/α-hetero) is 1. The van der Waals surface area contributed by atoms with Crippen molar-refractivity contribution in [2.75, 3.05) is 6.54 Å². The first-order chi connectivity index (χ1) is 15.0. The zero-order valence-corrected chi connectivity index (χ0v) is 17.6. The van der Waals surface area contributed by atoms with Crippen LogP contribution in [0.5, 0.6) is 0 Å². The van der Waals surface area contributed by atoms with Gasteiger partial charge < -0.3 is 10.1 Å². The Morgan fingerprint density at radius 2 is 1.39 bits per heavy atom. The fourth-order valence-corrected chi connectivity index (χ4v) is 3.13. The van der Waals surface area contributed by atoms with Crippen molar-refractivity contribution < 1.29 is 19.1 Å². The van der Waals surface area contributed by atoms with E-state index >= 15 is 0 Å². The highest BCUT2D eigenvalue weighted by molar-refractivity contribution is 6.00. The molecule has 0 unspecified atom stereocenters. The summed E-state index contributed by atoms with van der Waals surface area (Å²) in [5.41, 5.74) is 4.10. The highest BCUT2D eigenvalue weighted by Gasteiger charge is 2.20. The van der Waals surface area contributed by atoms with Crippen LogP contribution in [0.3, 0.4) is 0 Å². The van der Waals surface area contributed by atoms with E-state index in [1.54, 1.807) is 24.3 Å². The van der Waals surface area contributed by atoms with Crippen LogP contribution in [0.25, 0.3) is 11.1 Å². The maximum atomic E-state index is 12.4. The molecule has 31 heavy (non-hydrogen) atoms. The average molecular weight is 415 g/mol. The molecule has 0 aliphatic rings. The van der Waals surface area contributed by atoms with Gasteiger partial charge in [0.25, 0.3) is 5.91 Å². The standard InChI is InChI=1S/C26H25NO4/c1-3-19-9-11-22(12-10-19)25(29)18(2)31-24(28)17-27-26(30)23-15-13-21(14-16-23)20-7-5-4-6-8-20/h4-16,18H,3,17H2,1-2H3,(H,27,30)/t18-/m0/s1. The smallest absolute Gasteiger partial charge is 0.326 e. The van der Waals surface area contributed by atoms with Crippen molar-refractivity contribution in [3.63, 3.8) is 0 Å². The van der Waals surface area contributed by atoms with E-state index in [1.165, 1.54) is 6.92 Å². The third-order valence-electron chi connectivity index (χ3n) is 4.97. The molecule has 1 amide bonds. The third-order valence-corrected chi connectivity index (χ3v) is 4.97. The number of hydrogen-bond acceptors (Lipinski definition) is 4. The molecular formula is C26H25NO4. The van der Waals surface area contributed by atoms with Crippen LogP contribution >= 0.6 is 0 Å². The summed E-state index contributed by atoms with van der Waals surface area (Å²) in [6.07, 6.45) is -0.0460. The number of aryl methyl sites for hydroxylation is 1. The van der Waals surface area contributed by atoms with Gasteiger partial charge in [-0.25, -0.2) is 0 Å². The quantitative estimate of drug-likeness (QED) is 0.435. The number of rotatable bonds is 8. The molecule has 0 aliphatic heterocycles. The second kappa shape index (κ2) is 10.3. The molecule has 1 atom stereocenters. The summed E-state index contributed by atoms with van der Waals surface area (Å²) in [7, 11) is 0. The largest absolute Gasteiger partial charge is 0.453 e. The van der Waals surface area contributed by atoms with E-state index in [4.69, 9.17) is 4.74 Å². The van der Waals surface area contributed by atoms with Crippen LogP contribution in [0.15, 0.2) is 78.9 Å². The molecule has 0 radical (unpaired) electrons. The van der Waals surface area contributed by atoms with Crippen molar-refractivity contribution in [3.8, 4) is 11.1 Å². The number of hydrogen-bond donors (Lipinski definition) is 1. The van der Waals surface area contributed by atoms with Crippen molar-refractivity contribution in [1.29, 1.82) is 0 Å². The molecule has 3 rings (SSSR count). The van der Waals surface area contributed by atoms with Crippen LogP contribution < -0.4 is 5.32 Å². The minimum absolute atomic E-state index is 0.279. The molecule has 0 aromatic heterocycles. The van der Waals surface area contributed by atoms with Crippen LogP contribution in [-0.2, 0) is 16.0 Å². The van der Waals surface area contributed by atoms with Gasteiger partial charge in [0.1, 0.15) is 6.54 Å². The van der Waals surface area contributed by atoms with Crippen LogP contribution in [-0.4, -0.2) is 30.3 Å². The first-order valence-corrected chi connectivity index (χ1v) is 10.2. The van der Waals surface area contributed by atoms with Gasteiger partial charge >= 0.3 is 5.97 Å². The van der Waals surface area contributed by atoms with Crippen molar-refractivity contribution >= 4 is 17.7 Å². The molecule has 158 valence electrons. The summed E-state index contributed by atoms with van der Waals surface area (Å²) in [4.78, 5) is 36.8. The van der Waals surface area contributed by atoms with Gasteiger partial charge in [-0.2, -0.15) is 0 Å². The maximum absolute atomic E-state index is 12.4. The van der Waals surface area contributed by atoms with Gasteiger partial charge in [-0.1, -0.05) is 73.7 Å². The number of esters is 1. The summed E-state index contributed by atoms with van der Waals surface area (Å²) >= 11 is 0. The highest BCUT2D eigenvalue weighted by Crippen LogP contribution is 2.19. The Hall–Kier alpha value is -3.73. The Balaban J connectivity index is 1.50. The van der Waals surface area contributed by atoms with E-state index in [1.807, 2.05) is 61.5 Å². The topological polar surface area (TPSA) is 72.5 Å². The van der Waals surface area contributed by atoms with Gasteiger partial charge in [-0.3, -0.25) is 14.4 Å². The monoisotopic (exact) mass is 415 g/mol. The average Bonchev–Trinajstić information content (AvgIpc) is 2.82. The lowest BCUT2D eigenvalue weighted by atomic mass is 10.0. The summed E-state index contributed by atoms with van der Waals surface area (Å²) in [6.45, 7) is 3.25. The Bertz CT molecular complexity index is 1040. The van der Waals surface area contributed by atoms with Crippen LogP contribution in [0.2, 0.25) is 0 Å². The van der Waals surface area contributed by atoms with Crippen LogP contribution in [0, 0.1) is 0 Å². The molecule has 5 heteroatoms. The molecule has 3 aromatic carbocycles. The predicted octanol–water partition coefficient (Wildman–Crippen LogP) is 4.46. The number of benzene rings is 3.